The minimum atomic E-state index is -1.08. The highest BCUT2D eigenvalue weighted by Crippen LogP contribution is 1.99. The van der Waals surface area contributed by atoms with E-state index in [0.717, 1.165) is 0 Å². The second-order valence-corrected chi connectivity index (χ2v) is 4.04. The largest absolute Gasteiger partial charge is 0.480 e. The molecule has 2 amide bonds. The molecule has 0 aromatic rings. The lowest BCUT2D eigenvalue weighted by Crippen LogP contribution is -2.45. The van der Waals surface area contributed by atoms with E-state index in [9.17, 15) is 14.4 Å². The van der Waals surface area contributed by atoms with Gasteiger partial charge in [0.2, 0.25) is 11.8 Å². The molecule has 4 N–H and O–H groups in total. The molecule has 0 atom stereocenters. The predicted octanol–water partition coefficient (Wildman–Crippen LogP) is -1.37. The van der Waals surface area contributed by atoms with Gasteiger partial charge in [-0.25, -0.2) is 0 Å². The van der Waals surface area contributed by atoms with Crippen LogP contribution in [0.1, 0.15) is 13.8 Å². The maximum Gasteiger partial charge on any atom is 0.323 e. The molecule has 0 aromatic carbocycles. The van der Waals surface area contributed by atoms with Gasteiger partial charge in [0, 0.05) is 6.54 Å². The van der Waals surface area contributed by atoms with Crippen LogP contribution in [-0.2, 0) is 14.4 Å². The molecule has 0 radical (unpaired) electrons. The number of carbonyl (C=O) groups is 3. The lowest BCUT2D eigenvalue weighted by molar-refractivity contribution is -0.144. The second kappa shape index (κ2) is 7.61. The third kappa shape index (κ3) is 7.29. The highest BCUT2D eigenvalue weighted by Gasteiger charge is 2.18. The standard InChI is InChI=1S/C10H19N3O4/c1-7(2)5-13(6-10(16)17)9(15)4-12-8(14)3-11/h7H,3-6,11H2,1-2H3,(H,12,14)(H,16,17). The Morgan fingerprint density at radius 2 is 1.94 bits per heavy atom. The van der Waals surface area contributed by atoms with Crippen LogP contribution < -0.4 is 11.1 Å². The number of carboxylic acids is 1. The van der Waals surface area contributed by atoms with Gasteiger partial charge in [0.25, 0.3) is 0 Å². The Kier molecular flexibility index (Phi) is 6.88. The number of rotatable bonds is 7. The summed E-state index contributed by atoms with van der Waals surface area (Å²) in [4.78, 5) is 34.3. The van der Waals surface area contributed by atoms with E-state index in [1.165, 1.54) is 4.90 Å². The molecule has 0 aliphatic carbocycles. The maximum absolute atomic E-state index is 11.6. The number of nitrogens with zero attached hydrogens (tertiary/aromatic N) is 1. The van der Waals surface area contributed by atoms with E-state index in [1.54, 1.807) is 0 Å². The van der Waals surface area contributed by atoms with E-state index in [1.807, 2.05) is 13.8 Å². The van der Waals surface area contributed by atoms with E-state index >= 15 is 0 Å². The minimum absolute atomic E-state index is 0.156. The molecular formula is C10H19N3O4. The molecule has 0 aliphatic rings. The molecule has 0 saturated carbocycles. The van der Waals surface area contributed by atoms with Gasteiger partial charge < -0.3 is 21.1 Å². The number of nitrogens with two attached hydrogens (primary N) is 1. The second-order valence-electron chi connectivity index (χ2n) is 4.04. The van der Waals surface area contributed by atoms with Gasteiger partial charge in [-0.15, -0.1) is 0 Å². The topological polar surface area (TPSA) is 113 Å². The molecule has 0 rings (SSSR count). The SMILES string of the molecule is CC(C)CN(CC(=O)O)C(=O)CNC(=O)CN. The molecular weight excluding hydrogens is 226 g/mol. The van der Waals surface area contributed by atoms with Crippen molar-refractivity contribution in [3.05, 3.63) is 0 Å². The Bertz CT molecular complexity index is 291. The van der Waals surface area contributed by atoms with Gasteiger partial charge in [0.05, 0.1) is 13.1 Å². The van der Waals surface area contributed by atoms with Crippen molar-refractivity contribution >= 4 is 17.8 Å². The van der Waals surface area contributed by atoms with Crippen molar-refractivity contribution in [2.75, 3.05) is 26.2 Å². The average molecular weight is 245 g/mol. The van der Waals surface area contributed by atoms with Crippen LogP contribution in [0.3, 0.4) is 0 Å². The Morgan fingerprint density at radius 1 is 1.35 bits per heavy atom. The summed E-state index contributed by atoms with van der Waals surface area (Å²) < 4.78 is 0. The first kappa shape index (κ1) is 15.4. The fourth-order valence-corrected chi connectivity index (χ4v) is 1.22. The first-order chi connectivity index (χ1) is 7.86. The van der Waals surface area contributed by atoms with Gasteiger partial charge in [0.1, 0.15) is 6.54 Å². The number of hydrogen-bond donors (Lipinski definition) is 3. The zero-order valence-electron chi connectivity index (χ0n) is 10.1. The van der Waals surface area contributed by atoms with Crippen LogP contribution in [0.4, 0.5) is 0 Å². The minimum Gasteiger partial charge on any atom is -0.480 e. The van der Waals surface area contributed by atoms with E-state index in [0.29, 0.717) is 6.54 Å². The summed E-state index contributed by atoms with van der Waals surface area (Å²) in [6.45, 7) is 3.30. The fourth-order valence-electron chi connectivity index (χ4n) is 1.22. The van der Waals surface area contributed by atoms with E-state index in [2.05, 4.69) is 5.32 Å². The van der Waals surface area contributed by atoms with Gasteiger partial charge in [0.15, 0.2) is 0 Å². The first-order valence-electron chi connectivity index (χ1n) is 5.33. The van der Waals surface area contributed by atoms with Crippen LogP contribution in [0.2, 0.25) is 0 Å². The predicted molar refractivity (Wildman–Crippen MR) is 61.1 cm³/mol. The third-order valence-electron chi connectivity index (χ3n) is 1.89. The molecule has 0 heterocycles. The zero-order chi connectivity index (χ0) is 13.4. The third-order valence-corrected chi connectivity index (χ3v) is 1.89. The average Bonchev–Trinajstić information content (AvgIpc) is 2.23. The van der Waals surface area contributed by atoms with Crippen molar-refractivity contribution in [3.8, 4) is 0 Å². The van der Waals surface area contributed by atoms with Gasteiger partial charge in [-0.05, 0) is 5.92 Å². The molecule has 0 aliphatic heterocycles. The molecule has 17 heavy (non-hydrogen) atoms. The van der Waals surface area contributed by atoms with Crippen molar-refractivity contribution in [1.82, 2.24) is 10.2 Å². The van der Waals surface area contributed by atoms with Crippen molar-refractivity contribution in [2.24, 2.45) is 11.7 Å². The number of nitrogens with one attached hydrogen (secondary N) is 1. The lowest BCUT2D eigenvalue weighted by Gasteiger charge is -2.22. The van der Waals surface area contributed by atoms with Crippen LogP contribution >= 0.6 is 0 Å². The van der Waals surface area contributed by atoms with Crippen molar-refractivity contribution in [1.29, 1.82) is 0 Å². The number of carbonyl (C=O) groups excluding carboxylic acids is 2. The monoisotopic (exact) mass is 245 g/mol. The van der Waals surface area contributed by atoms with Crippen molar-refractivity contribution in [3.63, 3.8) is 0 Å². The van der Waals surface area contributed by atoms with Gasteiger partial charge in [-0.2, -0.15) is 0 Å². The zero-order valence-corrected chi connectivity index (χ0v) is 10.1. The number of aliphatic carboxylic acids is 1. The molecule has 0 fully saturated rings. The summed E-state index contributed by atoms with van der Waals surface area (Å²) in [5, 5.41) is 11.0. The highest BCUT2D eigenvalue weighted by atomic mass is 16.4. The molecule has 0 saturated heterocycles. The summed E-state index contributed by atoms with van der Waals surface area (Å²) in [5.41, 5.74) is 5.06. The Balaban J connectivity index is 4.31. The van der Waals surface area contributed by atoms with Crippen LogP contribution in [0.5, 0.6) is 0 Å². The van der Waals surface area contributed by atoms with Crippen molar-refractivity contribution < 1.29 is 19.5 Å². The van der Waals surface area contributed by atoms with Crippen LogP contribution in [0, 0.1) is 5.92 Å². The molecule has 7 nitrogen and oxygen atoms in total. The van der Waals surface area contributed by atoms with E-state index < -0.39 is 17.8 Å². The molecule has 0 bridgehead atoms. The molecule has 98 valence electrons. The van der Waals surface area contributed by atoms with Gasteiger partial charge >= 0.3 is 5.97 Å². The summed E-state index contributed by atoms with van der Waals surface area (Å²) in [7, 11) is 0. The summed E-state index contributed by atoms with van der Waals surface area (Å²) in [5.74, 6) is -1.80. The first-order valence-corrected chi connectivity index (χ1v) is 5.33. The number of amides is 2. The van der Waals surface area contributed by atoms with Crippen LogP contribution in [0.15, 0.2) is 0 Å². The summed E-state index contributed by atoms with van der Waals surface area (Å²) in [6.07, 6.45) is 0. The Labute approximate surface area is 100.0 Å². The summed E-state index contributed by atoms with van der Waals surface area (Å²) in [6, 6.07) is 0. The van der Waals surface area contributed by atoms with Gasteiger partial charge in [-0.1, -0.05) is 13.8 Å². The van der Waals surface area contributed by atoms with Crippen LogP contribution in [-0.4, -0.2) is 54.0 Å². The lowest BCUT2D eigenvalue weighted by atomic mass is 10.2. The molecule has 7 heteroatoms. The molecule has 0 aromatic heterocycles. The van der Waals surface area contributed by atoms with Crippen LogP contribution in [0.25, 0.3) is 0 Å². The highest BCUT2D eigenvalue weighted by molar-refractivity contribution is 5.87. The van der Waals surface area contributed by atoms with E-state index in [4.69, 9.17) is 10.8 Å². The van der Waals surface area contributed by atoms with E-state index in [-0.39, 0.29) is 25.6 Å². The number of hydrogen-bond acceptors (Lipinski definition) is 4. The normalized spacial score (nSPS) is 10.1. The Morgan fingerprint density at radius 3 is 2.35 bits per heavy atom. The quantitative estimate of drug-likeness (QED) is 0.512. The fraction of sp³-hybridized carbons (Fsp3) is 0.700. The molecule has 0 spiro atoms. The number of carboxylic acid groups (broad SMARTS) is 1. The smallest absolute Gasteiger partial charge is 0.323 e. The van der Waals surface area contributed by atoms with Gasteiger partial charge in [-0.3, -0.25) is 14.4 Å². The Hall–Kier alpha value is -1.63. The van der Waals surface area contributed by atoms with Crippen molar-refractivity contribution in [2.45, 2.75) is 13.8 Å². The molecule has 0 unspecified atom stereocenters. The maximum atomic E-state index is 11.6. The summed E-state index contributed by atoms with van der Waals surface area (Å²) >= 11 is 0.